The molecule has 1 spiro atoms. The summed E-state index contributed by atoms with van der Waals surface area (Å²) in [5.74, 6) is -0.0151. The Morgan fingerprint density at radius 3 is 2.59 bits per heavy atom. The van der Waals surface area contributed by atoms with Crippen molar-refractivity contribution in [2.45, 2.75) is 30.9 Å². The summed E-state index contributed by atoms with van der Waals surface area (Å²) in [7, 11) is 1.74. The second-order valence-electron chi connectivity index (χ2n) is 7.23. The fourth-order valence-electron chi connectivity index (χ4n) is 3.84. The molecule has 2 fully saturated rings. The zero-order valence-corrected chi connectivity index (χ0v) is 15.2. The summed E-state index contributed by atoms with van der Waals surface area (Å²) in [4.78, 5) is 28.4. The van der Waals surface area contributed by atoms with Crippen molar-refractivity contribution < 1.29 is 14.3 Å². The van der Waals surface area contributed by atoms with Gasteiger partial charge in [-0.25, -0.2) is 9.48 Å². The van der Waals surface area contributed by atoms with Crippen molar-refractivity contribution in [3.8, 4) is 0 Å². The highest BCUT2D eigenvalue weighted by molar-refractivity contribution is 5.81. The Labute approximate surface area is 156 Å². The molecule has 142 valence electrons. The first-order valence-corrected chi connectivity index (χ1v) is 9.06. The molecule has 27 heavy (non-hydrogen) atoms. The molecule has 1 aromatic heterocycles. The summed E-state index contributed by atoms with van der Waals surface area (Å²) in [5.41, 5.74) is 0.581. The van der Waals surface area contributed by atoms with Crippen LogP contribution in [0, 0.1) is 0 Å². The van der Waals surface area contributed by atoms with Crippen LogP contribution in [0.25, 0.3) is 0 Å². The Balaban J connectivity index is 1.47. The maximum atomic E-state index is 13.2. The van der Waals surface area contributed by atoms with E-state index in [2.05, 4.69) is 15.5 Å². The minimum absolute atomic E-state index is 0.0151. The largest absolute Gasteiger partial charge is 0.441 e. The number of piperidine rings is 1. The van der Waals surface area contributed by atoms with Crippen LogP contribution in [-0.2, 0) is 16.0 Å². The summed E-state index contributed by atoms with van der Waals surface area (Å²) in [6.45, 7) is 1.68. The molecule has 1 atom stereocenters. The van der Waals surface area contributed by atoms with Gasteiger partial charge in [0.05, 0.1) is 6.54 Å². The highest BCUT2D eigenvalue weighted by Gasteiger charge is 2.46. The molecule has 1 unspecified atom stereocenters. The topological polar surface area (TPSA) is 93.5 Å². The van der Waals surface area contributed by atoms with Gasteiger partial charge in [0.25, 0.3) is 0 Å². The van der Waals surface area contributed by atoms with Gasteiger partial charge in [-0.05, 0) is 16.0 Å². The lowest BCUT2D eigenvalue weighted by atomic mass is 9.91. The number of likely N-dealkylation sites (tertiary alicyclic amines) is 1. The third kappa shape index (κ3) is 3.49. The van der Waals surface area contributed by atoms with E-state index >= 15 is 0 Å². The molecule has 0 bridgehead atoms. The SMILES string of the molecule is CN1CC2(CCN(C(=O)C(Cc3ccccc3)n3cnnn3)CC2)OC1=O. The average molecular weight is 370 g/mol. The fraction of sp³-hybridized carbons (Fsp3) is 0.500. The Kier molecular flexibility index (Phi) is 4.51. The number of hydrogen-bond donors (Lipinski definition) is 0. The first kappa shape index (κ1) is 17.4. The lowest BCUT2D eigenvalue weighted by molar-refractivity contribution is -0.138. The molecule has 9 heteroatoms. The van der Waals surface area contributed by atoms with Crippen molar-refractivity contribution >= 4 is 12.0 Å². The number of nitrogens with zero attached hydrogens (tertiary/aromatic N) is 6. The average Bonchev–Trinajstić information content (AvgIpc) is 3.30. The Morgan fingerprint density at radius 2 is 2.00 bits per heavy atom. The summed E-state index contributed by atoms with van der Waals surface area (Å²) < 4.78 is 7.09. The van der Waals surface area contributed by atoms with E-state index in [-0.39, 0.29) is 12.0 Å². The van der Waals surface area contributed by atoms with E-state index < -0.39 is 11.6 Å². The molecule has 2 amide bonds. The highest BCUT2D eigenvalue weighted by atomic mass is 16.6. The van der Waals surface area contributed by atoms with Crippen molar-refractivity contribution in [1.82, 2.24) is 30.0 Å². The van der Waals surface area contributed by atoms with E-state index in [9.17, 15) is 9.59 Å². The van der Waals surface area contributed by atoms with Crippen LogP contribution < -0.4 is 0 Å². The zero-order valence-electron chi connectivity index (χ0n) is 15.2. The predicted octanol–water partition coefficient (Wildman–Crippen LogP) is 0.900. The lowest BCUT2D eigenvalue weighted by Gasteiger charge is -2.38. The number of amides is 2. The second-order valence-corrected chi connectivity index (χ2v) is 7.23. The van der Waals surface area contributed by atoms with Gasteiger partial charge in [0, 0.05) is 39.4 Å². The van der Waals surface area contributed by atoms with E-state index in [0.717, 1.165) is 5.56 Å². The minimum atomic E-state index is -0.495. The Morgan fingerprint density at radius 1 is 1.26 bits per heavy atom. The van der Waals surface area contributed by atoms with E-state index in [1.165, 1.54) is 11.0 Å². The number of carbonyl (C=O) groups excluding carboxylic acids is 2. The van der Waals surface area contributed by atoms with Crippen molar-refractivity contribution in [2.24, 2.45) is 0 Å². The lowest BCUT2D eigenvalue weighted by Crippen LogP contribution is -2.50. The van der Waals surface area contributed by atoms with Crippen molar-refractivity contribution in [2.75, 3.05) is 26.7 Å². The van der Waals surface area contributed by atoms with Gasteiger partial charge >= 0.3 is 6.09 Å². The third-order valence-electron chi connectivity index (χ3n) is 5.37. The molecule has 2 aliphatic heterocycles. The molecular weight excluding hydrogens is 348 g/mol. The number of aromatic nitrogens is 4. The normalized spacial score (nSPS) is 20.0. The van der Waals surface area contributed by atoms with Gasteiger partial charge in [0.1, 0.15) is 18.0 Å². The van der Waals surface area contributed by atoms with Crippen LogP contribution in [0.3, 0.4) is 0 Å². The van der Waals surface area contributed by atoms with Crippen LogP contribution in [0.5, 0.6) is 0 Å². The number of carbonyl (C=O) groups is 2. The molecule has 0 aliphatic carbocycles. The van der Waals surface area contributed by atoms with Crippen molar-refractivity contribution in [3.05, 3.63) is 42.2 Å². The number of ether oxygens (including phenoxy) is 1. The first-order valence-electron chi connectivity index (χ1n) is 9.06. The molecule has 2 aromatic rings. The van der Waals surface area contributed by atoms with E-state index in [4.69, 9.17) is 4.74 Å². The standard InChI is InChI=1S/C18H22N6O3/c1-22-12-18(27-17(22)26)7-9-23(10-8-18)16(25)15(24-13-19-20-21-24)11-14-5-3-2-4-6-14/h2-6,13,15H,7-12H2,1H3. The number of benzene rings is 1. The van der Waals surface area contributed by atoms with Crippen LogP contribution in [0.2, 0.25) is 0 Å². The molecule has 0 N–H and O–H groups in total. The predicted molar refractivity (Wildman–Crippen MR) is 94.7 cm³/mol. The molecule has 2 saturated heterocycles. The van der Waals surface area contributed by atoms with Crippen molar-refractivity contribution in [3.63, 3.8) is 0 Å². The van der Waals surface area contributed by atoms with Crippen LogP contribution in [-0.4, -0.2) is 74.3 Å². The Bertz CT molecular complexity index is 802. The number of hydrogen-bond acceptors (Lipinski definition) is 6. The smallest absolute Gasteiger partial charge is 0.410 e. The van der Waals surface area contributed by atoms with Gasteiger partial charge in [0.15, 0.2) is 0 Å². The van der Waals surface area contributed by atoms with E-state index in [1.807, 2.05) is 35.2 Å². The molecule has 4 rings (SSSR count). The zero-order chi connectivity index (χ0) is 18.9. The maximum Gasteiger partial charge on any atom is 0.410 e. The summed E-state index contributed by atoms with van der Waals surface area (Å²) in [6, 6.07) is 9.33. The molecule has 3 heterocycles. The van der Waals surface area contributed by atoms with Gasteiger partial charge < -0.3 is 14.5 Å². The van der Waals surface area contributed by atoms with Crippen LogP contribution >= 0.6 is 0 Å². The van der Waals surface area contributed by atoms with Crippen LogP contribution in [0.15, 0.2) is 36.7 Å². The molecule has 0 saturated carbocycles. The molecule has 2 aliphatic rings. The third-order valence-corrected chi connectivity index (χ3v) is 5.37. The Hall–Kier alpha value is -2.97. The summed E-state index contributed by atoms with van der Waals surface area (Å²) in [5, 5.41) is 11.3. The van der Waals surface area contributed by atoms with Gasteiger partial charge in [-0.15, -0.1) is 5.10 Å². The van der Waals surface area contributed by atoms with Gasteiger partial charge in [0.2, 0.25) is 5.91 Å². The van der Waals surface area contributed by atoms with E-state index in [0.29, 0.717) is 38.9 Å². The minimum Gasteiger partial charge on any atom is -0.441 e. The van der Waals surface area contributed by atoms with Crippen molar-refractivity contribution in [1.29, 1.82) is 0 Å². The highest BCUT2D eigenvalue weighted by Crippen LogP contribution is 2.33. The second kappa shape index (κ2) is 6.98. The molecule has 0 radical (unpaired) electrons. The van der Waals surface area contributed by atoms with Gasteiger partial charge in [-0.2, -0.15) is 0 Å². The maximum absolute atomic E-state index is 13.2. The monoisotopic (exact) mass is 370 g/mol. The van der Waals surface area contributed by atoms with E-state index in [1.54, 1.807) is 11.9 Å². The summed E-state index contributed by atoms with van der Waals surface area (Å²) in [6.07, 6.45) is 2.99. The number of likely N-dealkylation sites (N-methyl/N-ethyl adjacent to an activating group) is 1. The molecule has 9 nitrogen and oxygen atoms in total. The first-order chi connectivity index (χ1) is 13.1. The fourth-order valence-corrected chi connectivity index (χ4v) is 3.84. The summed E-state index contributed by atoms with van der Waals surface area (Å²) >= 11 is 0. The number of rotatable bonds is 4. The van der Waals surface area contributed by atoms with Gasteiger partial charge in [-0.3, -0.25) is 4.79 Å². The quantitative estimate of drug-likeness (QED) is 0.794. The van der Waals surface area contributed by atoms with Gasteiger partial charge in [-0.1, -0.05) is 30.3 Å². The molecule has 1 aromatic carbocycles. The van der Waals surface area contributed by atoms with Crippen LogP contribution in [0.4, 0.5) is 4.79 Å². The molecular formula is C18H22N6O3. The number of tetrazole rings is 1. The van der Waals surface area contributed by atoms with Crippen LogP contribution in [0.1, 0.15) is 24.4 Å².